The number of nitrogens with zero attached hydrogens (tertiary/aromatic N) is 2. The molecule has 0 aliphatic carbocycles. The van der Waals surface area contributed by atoms with E-state index in [9.17, 15) is 24.3 Å². The number of nitrogens with one attached hydrogen (secondary N) is 1. The van der Waals surface area contributed by atoms with Crippen molar-refractivity contribution < 1.29 is 29.0 Å². The maximum atomic E-state index is 12.6. The molecule has 0 bridgehead atoms. The van der Waals surface area contributed by atoms with Crippen molar-refractivity contribution in [1.29, 1.82) is 0 Å². The number of hydrogen-bond acceptors (Lipinski definition) is 7. The molecule has 29 heavy (non-hydrogen) atoms. The second kappa shape index (κ2) is 8.87. The van der Waals surface area contributed by atoms with Gasteiger partial charge >= 0.3 is 12.1 Å². The van der Waals surface area contributed by atoms with Crippen molar-refractivity contribution in [2.75, 3.05) is 26.0 Å². The fraction of sp³-hybridized carbons (Fsp3) is 0.444. The summed E-state index contributed by atoms with van der Waals surface area (Å²) in [7, 11) is 1.57. The lowest BCUT2D eigenvalue weighted by Crippen LogP contribution is -2.70. The summed E-state index contributed by atoms with van der Waals surface area (Å²) in [5.74, 6) is -1.74. The van der Waals surface area contributed by atoms with Gasteiger partial charge in [0.1, 0.15) is 23.7 Å². The van der Waals surface area contributed by atoms with Crippen LogP contribution in [0.2, 0.25) is 0 Å². The average Bonchev–Trinajstić information content (AvgIpc) is 3.21. The molecule has 3 rings (SSSR count). The number of fused-ring (bicyclic) bond motifs is 1. The molecule has 2 atom stereocenters. The molecule has 3 amide bonds. The van der Waals surface area contributed by atoms with Crippen molar-refractivity contribution in [2.24, 2.45) is 0 Å². The number of β-lactam (4-membered cyclic amide) rings is 1. The van der Waals surface area contributed by atoms with E-state index in [0.717, 1.165) is 4.88 Å². The third kappa shape index (κ3) is 4.40. The van der Waals surface area contributed by atoms with Gasteiger partial charge in [-0.2, -0.15) is 0 Å². The lowest BCUT2D eigenvalue weighted by Gasteiger charge is -2.49. The first-order valence-electron chi connectivity index (χ1n) is 8.93. The molecule has 0 saturated carbocycles. The predicted octanol–water partition coefficient (Wildman–Crippen LogP) is 1.12. The number of carbonyl (C=O) groups excluding carboxylic acids is 3. The molecule has 1 saturated heterocycles. The first-order valence-corrected chi connectivity index (χ1v) is 10.9. The van der Waals surface area contributed by atoms with E-state index in [1.165, 1.54) is 32.9 Å². The van der Waals surface area contributed by atoms with Gasteiger partial charge in [-0.05, 0) is 18.4 Å². The molecule has 1 fully saturated rings. The van der Waals surface area contributed by atoms with Crippen LogP contribution < -0.4 is 5.32 Å². The Hall–Kier alpha value is -2.53. The van der Waals surface area contributed by atoms with Gasteiger partial charge in [-0.15, -0.1) is 23.1 Å². The molecule has 0 radical (unpaired) electrons. The van der Waals surface area contributed by atoms with Crippen LogP contribution in [0.5, 0.6) is 0 Å². The lowest BCUT2D eigenvalue weighted by molar-refractivity contribution is -0.150. The predicted molar refractivity (Wildman–Crippen MR) is 107 cm³/mol. The number of carbonyl (C=O) groups is 4. The van der Waals surface area contributed by atoms with Crippen molar-refractivity contribution in [3.63, 3.8) is 0 Å². The standard InChI is InChI=1S/C18H21N3O6S2/c1-3-20(2)18(26)27-8-10-9-29-16-13(15(23)21(16)14(10)17(24)25)19-12(22)7-11-5-4-6-28-11/h4-6,13,16H,3,7-9H2,1-2H3,(H,19,22)(H,24,25)/t13-,16-/m1/s1. The molecule has 2 aliphatic rings. The molecule has 11 heteroatoms. The fourth-order valence-electron chi connectivity index (χ4n) is 2.98. The first-order chi connectivity index (χ1) is 13.8. The van der Waals surface area contributed by atoms with E-state index in [2.05, 4.69) is 5.32 Å². The minimum absolute atomic E-state index is 0.172. The van der Waals surface area contributed by atoms with Gasteiger partial charge in [-0.25, -0.2) is 9.59 Å². The lowest BCUT2D eigenvalue weighted by atomic mass is 10.0. The highest BCUT2D eigenvalue weighted by Crippen LogP contribution is 2.40. The highest BCUT2D eigenvalue weighted by Gasteiger charge is 2.54. The summed E-state index contributed by atoms with van der Waals surface area (Å²) in [5, 5.41) is 13.7. The smallest absolute Gasteiger partial charge is 0.409 e. The highest BCUT2D eigenvalue weighted by molar-refractivity contribution is 8.00. The van der Waals surface area contributed by atoms with E-state index in [-0.39, 0.29) is 30.4 Å². The Balaban J connectivity index is 1.66. The number of amides is 3. The van der Waals surface area contributed by atoms with E-state index in [1.807, 2.05) is 17.5 Å². The van der Waals surface area contributed by atoms with Crippen molar-refractivity contribution in [3.05, 3.63) is 33.7 Å². The summed E-state index contributed by atoms with van der Waals surface area (Å²) in [6.45, 7) is 2.04. The Labute approximate surface area is 175 Å². The number of rotatable bonds is 7. The van der Waals surface area contributed by atoms with Crippen LogP contribution in [-0.4, -0.2) is 76.2 Å². The first kappa shape index (κ1) is 21.2. The van der Waals surface area contributed by atoms with E-state index in [4.69, 9.17) is 4.74 Å². The molecule has 1 aromatic heterocycles. The third-order valence-corrected chi connectivity index (χ3v) is 6.85. The summed E-state index contributed by atoms with van der Waals surface area (Å²) in [6.07, 6.45) is -0.391. The van der Waals surface area contributed by atoms with Crippen LogP contribution in [0, 0.1) is 0 Å². The zero-order chi connectivity index (χ0) is 21.1. The summed E-state index contributed by atoms with van der Waals surface area (Å²) in [4.78, 5) is 51.8. The molecule has 0 aromatic carbocycles. The maximum absolute atomic E-state index is 12.6. The van der Waals surface area contributed by atoms with Crippen LogP contribution in [0.1, 0.15) is 11.8 Å². The molecule has 2 aliphatic heterocycles. The van der Waals surface area contributed by atoms with E-state index < -0.39 is 29.4 Å². The van der Waals surface area contributed by atoms with Gasteiger partial charge in [-0.1, -0.05) is 6.07 Å². The van der Waals surface area contributed by atoms with Gasteiger partial charge in [0.25, 0.3) is 5.91 Å². The Morgan fingerprint density at radius 2 is 2.17 bits per heavy atom. The molecule has 9 nitrogen and oxygen atoms in total. The van der Waals surface area contributed by atoms with Gasteiger partial charge in [0, 0.05) is 29.8 Å². The Bertz CT molecular complexity index is 854. The third-order valence-electron chi connectivity index (χ3n) is 4.64. The van der Waals surface area contributed by atoms with Crippen LogP contribution in [0.3, 0.4) is 0 Å². The van der Waals surface area contributed by atoms with Gasteiger partial charge in [0.05, 0.1) is 6.42 Å². The van der Waals surface area contributed by atoms with Crippen molar-refractivity contribution in [1.82, 2.24) is 15.1 Å². The Morgan fingerprint density at radius 1 is 1.41 bits per heavy atom. The minimum Gasteiger partial charge on any atom is -0.477 e. The number of carboxylic acids is 1. The summed E-state index contributed by atoms with van der Waals surface area (Å²) < 4.78 is 5.15. The molecule has 156 valence electrons. The number of thioether (sulfide) groups is 1. The Morgan fingerprint density at radius 3 is 2.79 bits per heavy atom. The molecule has 0 spiro atoms. The SMILES string of the molecule is CCN(C)C(=O)OCC1=C(C(=O)O)N2C(=O)[C@@H](NC(=O)Cc3cccs3)[C@H]2SC1. The minimum atomic E-state index is -1.26. The Kier molecular flexibility index (Phi) is 6.48. The molecule has 0 unspecified atom stereocenters. The average molecular weight is 440 g/mol. The van der Waals surface area contributed by atoms with Crippen molar-refractivity contribution in [2.45, 2.75) is 24.8 Å². The summed E-state index contributed by atoms with van der Waals surface area (Å²) in [6, 6.07) is 2.91. The van der Waals surface area contributed by atoms with Gasteiger partial charge in [-0.3, -0.25) is 14.5 Å². The second-order valence-electron chi connectivity index (χ2n) is 6.54. The number of aliphatic carboxylic acids is 1. The van der Waals surface area contributed by atoms with E-state index >= 15 is 0 Å². The number of ether oxygens (including phenoxy) is 1. The molecule has 2 N–H and O–H groups in total. The van der Waals surface area contributed by atoms with Crippen LogP contribution in [-0.2, 0) is 25.5 Å². The monoisotopic (exact) mass is 439 g/mol. The van der Waals surface area contributed by atoms with Gasteiger partial charge in [0.2, 0.25) is 5.91 Å². The zero-order valence-electron chi connectivity index (χ0n) is 15.9. The molecule has 1 aromatic rings. The van der Waals surface area contributed by atoms with Crippen LogP contribution in [0.4, 0.5) is 4.79 Å². The second-order valence-corrected chi connectivity index (χ2v) is 8.67. The normalized spacial score (nSPS) is 20.6. The van der Waals surface area contributed by atoms with Crippen molar-refractivity contribution >= 4 is 47.0 Å². The molecular formula is C18H21N3O6S2. The number of carboxylic acid groups (broad SMARTS) is 1. The number of hydrogen-bond donors (Lipinski definition) is 2. The maximum Gasteiger partial charge on any atom is 0.409 e. The van der Waals surface area contributed by atoms with Crippen LogP contribution in [0.15, 0.2) is 28.8 Å². The van der Waals surface area contributed by atoms with E-state index in [0.29, 0.717) is 12.1 Å². The number of thiophene rings is 1. The quantitative estimate of drug-likeness (QED) is 0.612. The van der Waals surface area contributed by atoms with Crippen LogP contribution in [0.25, 0.3) is 0 Å². The van der Waals surface area contributed by atoms with Gasteiger partial charge < -0.3 is 20.1 Å². The molecular weight excluding hydrogens is 418 g/mol. The largest absolute Gasteiger partial charge is 0.477 e. The fourth-order valence-corrected chi connectivity index (χ4v) is 5.01. The van der Waals surface area contributed by atoms with Gasteiger partial charge in [0.15, 0.2) is 0 Å². The summed E-state index contributed by atoms with van der Waals surface area (Å²) >= 11 is 2.79. The zero-order valence-corrected chi connectivity index (χ0v) is 17.5. The van der Waals surface area contributed by atoms with Crippen molar-refractivity contribution in [3.8, 4) is 0 Å². The van der Waals surface area contributed by atoms with E-state index in [1.54, 1.807) is 14.0 Å². The highest BCUT2D eigenvalue weighted by atomic mass is 32.2. The topological polar surface area (TPSA) is 116 Å². The van der Waals surface area contributed by atoms with Crippen LogP contribution >= 0.6 is 23.1 Å². The summed E-state index contributed by atoms with van der Waals surface area (Å²) in [5.41, 5.74) is 0.183. The molecule has 3 heterocycles.